The number of likely N-dealkylation sites (tertiary alicyclic amines) is 1. The van der Waals surface area contributed by atoms with Crippen LogP contribution in [0.5, 0.6) is 0 Å². The van der Waals surface area contributed by atoms with Gasteiger partial charge in [0.15, 0.2) is 0 Å². The third-order valence-electron chi connectivity index (χ3n) is 5.05. The molecule has 2 atom stereocenters. The van der Waals surface area contributed by atoms with Crippen LogP contribution in [-0.4, -0.2) is 60.3 Å². The van der Waals surface area contributed by atoms with Crippen molar-refractivity contribution in [2.75, 3.05) is 33.3 Å². The zero-order chi connectivity index (χ0) is 15.2. The smallest absolute Gasteiger partial charge is 0.0836 e. The van der Waals surface area contributed by atoms with Crippen molar-refractivity contribution >= 4 is 0 Å². The first-order valence-electron chi connectivity index (χ1n) is 8.13. The molecule has 0 aromatic carbocycles. The molecule has 118 valence electrons. The molecule has 0 aromatic rings. The molecule has 2 rings (SSSR count). The van der Waals surface area contributed by atoms with Crippen LogP contribution in [0, 0.1) is 5.41 Å². The molecular formula is C17H34N2O. The van der Waals surface area contributed by atoms with Gasteiger partial charge in [-0.05, 0) is 46.1 Å². The van der Waals surface area contributed by atoms with Crippen molar-refractivity contribution in [1.29, 1.82) is 0 Å². The van der Waals surface area contributed by atoms with Crippen molar-refractivity contribution in [2.24, 2.45) is 5.41 Å². The van der Waals surface area contributed by atoms with Gasteiger partial charge in [0.1, 0.15) is 0 Å². The Hall–Kier alpha value is -0.120. The van der Waals surface area contributed by atoms with Crippen LogP contribution in [0.2, 0.25) is 0 Å². The van der Waals surface area contributed by atoms with Gasteiger partial charge in [-0.25, -0.2) is 0 Å². The summed E-state index contributed by atoms with van der Waals surface area (Å²) in [5, 5.41) is 0. The van der Waals surface area contributed by atoms with E-state index in [1.807, 2.05) is 0 Å². The molecule has 2 fully saturated rings. The van der Waals surface area contributed by atoms with Gasteiger partial charge in [0.2, 0.25) is 0 Å². The number of morpholine rings is 1. The molecule has 3 heteroatoms. The second kappa shape index (κ2) is 5.26. The fraction of sp³-hybridized carbons (Fsp3) is 1.00. The fourth-order valence-electron chi connectivity index (χ4n) is 3.93. The van der Waals surface area contributed by atoms with Crippen LogP contribution < -0.4 is 0 Å². The van der Waals surface area contributed by atoms with Crippen molar-refractivity contribution in [3.8, 4) is 0 Å². The van der Waals surface area contributed by atoms with E-state index in [0.717, 1.165) is 32.7 Å². The van der Waals surface area contributed by atoms with Crippen LogP contribution in [0.15, 0.2) is 0 Å². The van der Waals surface area contributed by atoms with Gasteiger partial charge in [-0.1, -0.05) is 20.8 Å². The molecular weight excluding hydrogens is 248 g/mol. The van der Waals surface area contributed by atoms with E-state index >= 15 is 0 Å². The Morgan fingerprint density at radius 3 is 2.20 bits per heavy atom. The highest BCUT2D eigenvalue weighted by atomic mass is 16.5. The minimum absolute atomic E-state index is 0.0900. The lowest BCUT2D eigenvalue weighted by atomic mass is 9.72. The minimum atomic E-state index is 0.0900. The SMILES string of the molecule is CN1CCOC2(CCN(C(C)(C)C)C(C(C)(C)C)C2)C1. The Balaban J connectivity index is 2.21. The Morgan fingerprint density at radius 1 is 1.05 bits per heavy atom. The van der Waals surface area contributed by atoms with Crippen LogP contribution in [0.4, 0.5) is 0 Å². The van der Waals surface area contributed by atoms with Gasteiger partial charge in [0.05, 0.1) is 12.2 Å². The molecule has 0 N–H and O–H groups in total. The summed E-state index contributed by atoms with van der Waals surface area (Å²) in [5.41, 5.74) is 0.618. The van der Waals surface area contributed by atoms with Gasteiger partial charge in [0, 0.05) is 31.2 Å². The molecule has 0 amide bonds. The van der Waals surface area contributed by atoms with Gasteiger partial charge in [0.25, 0.3) is 0 Å². The summed E-state index contributed by atoms with van der Waals surface area (Å²) in [5.74, 6) is 0. The summed E-state index contributed by atoms with van der Waals surface area (Å²) in [6, 6.07) is 0.586. The summed E-state index contributed by atoms with van der Waals surface area (Å²) in [6.45, 7) is 18.4. The lowest BCUT2D eigenvalue weighted by Crippen LogP contribution is -2.64. The van der Waals surface area contributed by atoms with Crippen molar-refractivity contribution in [1.82, 2.24) is 9.80 Å². The van der Waals surface area contributed by atoms with Crippen LogP contribution in [0.1, 0.15) is 54.4 Å². The van der Waals surface area contributed by atoms with Crippen molar-refractivity contribution in [3.05, 3.63) is 0 Å². The van der Waals surface area contributed by atoms with E-state index < -0.39 is 0 Å². The lowest BCUT2D eigenvalue weighted by Gasteiger charge is -2.56. The summed E-state index contributed by atoms with van der Waals surface area (Å²) < 4.78 is 6.29. The molecule has 0 bridgehead atoms. The van der Waals surface area contributed by atoms with Crippen LogP contribution in [0.25, 0.3) is 0 Å². The summed E-state index contributed by atoms with van der Waals surface area (Å²) in [4.78, 5) is 5.15. The number of hydrogen-bond acceptors (Lipinski definition) is 3. The highest BCUT2D eigenvalue weighted by Crippen LogP contribution is 2.42. The molecule has 2 unspecified atom stereocenters. The number of rotatable bonds is 0. The third-order valence-corrected chi connectivity index (χ3v) is 5.05. The Bertz CT molecular complexity index is 342. The second-order valence-corrected chi connectivity index (χ2v) is 8.97. The zero-order valence-electron chi connectivity index (χ0n) is 14.6. The first kappa shape index (κ1) is 16.3. The van der Waals surface area contributed by atoms with E-state index in [1.54, 1.807) is 0 Å². The van der Waals surface area contributed by atoms with Gasteiger partial charge in [-0.3, -0.25) is 4.90 Å². The number of likely N-dealkylation sites (N-methyl/N-ethyl adjacent to an activating group) is 1. The van der Waals surface area contributed by atoms with Gasteiger partial charge in [-0.2, -0.15) is 0 Å². The summed E-state index contributed by atoms with van der Waals surface area (Å²) in [7, 11) is 2.23. The van der Waals surface area contributed by atoms with Crippen LogP contribution in [0.3, 0.4) is 0 Å². The highest BCUT2D eigenvalue weighted by Gasteiger charge is 2.48. The van der Waals surface area contributed by atoms with Gasteiger partial charge in [-0.15, -0.1) is 0 Å². The molecule has 20 heavy (non-hydrogen) atoms. The predicted octanol–water partition coefficient (Wildman–Crippen LogP) is 3.00. The summed E-state index contributed by atoms with van der Waals surface area (Å²) in [6.07, 6.45) is 2.33. The normalized spacial score (nSPS) is 34.6. The van der Waals surface area contributed by atoms with E-state index in [9.17, 15) is 0 Å². The van der Waals surface area contributed by atoms with E-state index in [2.05, 4.69) is 58.4 Å². The highest BCUT2D eigenvalue weighted by molar-refractivity contribution is 5.02. The second-order valence-electron chi connectivity index (χ2n) is 8.97. The zero-order valence-corrected chi connectivity index (χ0v) is 14.6. The average Bonchev–Trinajstić information content (AvgIpc) is 2.25. The number of hydrogen-bond donors (Lipinski definition) is 0. The number of nitrogens with zero attached hydrogens (tertiary/aromatic N) is 2. The molecule has 2 aliphatic heterocycles. The first-order chi connectivity index (χ1) is 9.04. The van der Waals surface area contributed by atoms with Gasteiger partial charge < -0.3 is 9.64 Å². The maximum atomic E-state index is 6.29. The summed E-state index contributed by atoms with van der Waals surface area (Å²) >= 11 is 0. The van der Waals surface area contributed by atoms with E-state index in [0.29, 0.717) is 11.5 Å². The van der Waals surface area contributed by atoms with Crippen molar-refractivity contribution in [3.63, 3.8) is 0 Å². The quantitative estimate of drug-likeness (QED) is 0.679. The molecule has 2 saturated heterocycles. The van der Waals surface area contributed by atoms with E-state index in [1.165, 1.54) is 6.42 Å². The molecule has 2 aliphatic rings. The van der Waals surface area contributed by atoms with Crippen LogP contribution in [-0.2, 0) is 4.74 Å². The minimum Gasteiger partial charge on any atom is -0.372 e. The molecule has 0 aliphatic carbocycles. The largest absolute Gasteiger partial charge is 0.372 e. The van der Waals surface area contributed by atoms with Crippen LogP contribution >= 0.6 is 0 Å². The molecule has 0 aromatic heterocycles. The topological polar surface area (TPSA) is 15.7 Å². The predicted molar refractivity (Wildman–Crippen MR) is 85.1 cm³/mol. The molecule has 3 nitrogen and oxygen atoms in total. The number of ether oxygens (including phenoxy) is 1. The third kappa shape index (κ3) is 3.37. The monoisotopic (exact) mass is 282 g/mol. The van der Waals surface area contributed by atoms with Crippen molar-refractivity contribution in [2.45, 2.75) is 71.6 Å². The maximum Gasteiger partial charge on any atom is 0.0836 e. The Labute approximate surface area is 125 Å². The molecule has 2 heterocycles. The lowest BCUT2D eigenvalue weighted by molar-refractivity contribution is -0.164. The Kier molecular flexibility index (Phi) is 4.27. The Morgan fingerprint density at radius 2 is 1.70 bits per heavy atom. The molecule has 0 saturated carbocycles. The van der Waals surface area contributed by atoms with Gasteiger partial charge >= 0.3 is 0 Å². The van der Waals surface area contributed by atoms with Crippen molar-refractivity contribution < 1.29 is 4.74 Å². The van der Waals surface area contributed by atoms with E-state index in [4.69, 9.17) is 4.74 Å². The maximum absolute atomic E-state index is 6.29. The molecule has 1 spiro atoms. The molecule has 0 radical (unpaired) electrons. The van der Waals surface area contributed by atoms with E-state index in [-0.39, 0.29) is 11.1 Å². The average molecular weight is 282 g/mol. The first-order valence-corrected chi connectivity index (χ1v) is 8.13. The standard InChI is InChI=1S/C17H34N2O/c1-15(2,3)14-12-17(13-18(7)10-11-20-17)8-9-19(14)16(4,5)6/h14H,8-13H2,1-7H3. The fourth-order valence-corrected chi connectivity index (χ4v) is 3.93. The number of piperidine rings is 1.